The van der Waals surface area contributed by atoms with Crippen LogP contribution in [-0.2, 0) is 4.74 Å². The molecule has 2 nitrogen and oxygen atoms in total. The summed E-state index contributed by atoms with van der Waals surface area (Å²) >= 11 is 0. The van der Waals surface area contributed by atoms with Gasteiger partial charge in [0.1, 0.15) is 0 Å². The Bertz CT molecular complexity index is 139. The number of rotatable bonds is 3. The Kier molecular flexibility index (Phi) is 4.20. The van der Waals surface area contributed by atoms with Gasteiger partial charge in [0.15, 0.2) is 0 Å². The largest absolute Gasteiger partial charge is 0.373 e. The van der Waals surface area contributed by atoms with E-state index in [1.54, 1.807) is 0 Å². The predicted octanol–water partition coefficient (Wildman–Crippen LogP) is 2.14. The van der Waals surface area contributed by atoms with Gasteiger partial charge in [-0.2, -0.15) is 0 Å². The highest BCUT2D eigenvalue weighted by Crippen LogP contribution is 2.13. The molecular weight excluding hydrogens is 162 g/mol. The third-order valence-corrected chi connectivity index (χ3v) is 2.76. The molecule has 0 radical (unpaired) electrons. The van der Waals surface area contributed by atoms with Gasteiger partial charge in [-0.1, -0.05) is 20.3 Å². The van der Waals surface area contributed by atoms with Gasteiger partial charge in [0.2, 0.25) is 0 Å². The molecule has 1 aliphatic rings. The second-order valence-corrected chi connectivity index (χ2v) is 4.49. The third-order valence-electron chi connectivity index (χ3n) is 2.76. The number of hydrogen-bond donors (Lipinski definition) is 0. The Labute approximate surface area is 82.3 Å². The van der Waals surface area contributed by atoms with E-state index in [9.17, 15) is 0 Å². The fraction of sp³-hybridized carbons (Fsp3) is 1.00. The molecule has 0 amide bonds. The quantitative estimate of drug-likeness (QED) is 0.668. The first kappa shape index (κ1) is 11.0. The number of hydrogen-bond acceptors (Lipinski definition) is 2. The van der Waals surface area contributed by atoms with Gasteiger partial charge in [-0.05, 0) is 19.8 Å². The molecule has 1 fully saturated rings. The van der Waals surface area contributed by atoms with Crippen LogP contribution in [0.4, 0.5) is 0 Å². The van der Waals surface area contributed by atoms with E-state index < -0.39 is 0 Å². The monoisotopic (exact) mass is 185 g/mol. The summed E-state index contributed by atoms with van der Waals surface area (Å²) in [6.45, 7) is 12.4. The van der Waals surface area contributed by atoms with Crippen LogP contribution >= 0.6 is 0 Å². The molecule has 0 saturated carbocycles. The van der Waals surface area contributed by atoms with Crippen LogP contribution in [-0.4, -0.2) is 36.7 Å². The lowest BCUT2D eigenvalue weighted by Gasteiger charge is -2.36. The second-order valence-electron chi connectivity index (χ2n) is 4.49. The topological polar surface area (TPSA) is 12.5 Å². The maximum absolute atomic E-state index is 5.69. The summed E-state index contributed by atoms with van der Waals surface area (Å²) in [5.41, 5.74) is 0. The number of morpholine rings is 1. The summed E-state index contributed by atoms with van der Waals surface area (Å²) in [5.74, 6) is 0.817. The van der Waals surface area contributed by atoms with Gasteiger partial charge < -0.3 is 4.74 Å². The second kappa shape index (κ2) is 4.97. The average molecular weight is 185 g/mol. The summed E-state index contributed by atoms with van der Waals surface area (Å²) in [6.07, 6.45) is 2.10. The normalized spacial score (nSPS) is 33.2. The van der Waals surface area contributed by atoms with Crippen molar-refractivity contribution in [2.75, 3.05) is 19.6 Å². The van der Waals surface area contributed by atoms with Crippen molar-refractivity contribution < 1.29 is 4.74 Å². The van der Waals surface area contributed by atoms with Crippen molar-refractivity contribution in [1.82, 2.24) is 4.90 Å². The Morgan fingerprint density at radius 2 is 1.85 bits per heavy atom. The summed E-state index contributed by atoms with van der Waals surface area (Å²) in [6, 6.07) is 0. The first-order valence-electron chi connectivity index (χ1n) is 5.49. The molecule has 0 spiro atoms. The minimum absolute atomic E-state index is 0.410. The molecular formula is C11H23NO. The highest BCUT2D eigenvalue weighted by molar-refractivity contribution is 4.74. The van der Waals surface area contributed by atoms with E-state index in [-0.39, 0.29) is 0 Å². The molecule has 0 unspecified atom stereocenters. The van der Waals surface area contributed by atoms with E-state index in [1.807, 2.05) is 0 Å². The maximum Gasteiger partial charge on any atom is 0.0678 e. The van der Waals surface area contributed by atoms with Crippen molar-refractivity contribution in [3.8, 4) is 0 Å². The smallest absolute Gasteiger partial charge is 0.0678 e. The van der Waals surface area contributed by atoms with Crippen LogP contribution in [0.2, 0.25) is 0 Å². The fourth-order valence-corrected chi connectivity index (χ4v) is 2.00. The van der Waals surface area contributed by atoms with Gasteiger partial charge in [0.25, 0.3) is 0 Å². The van der Waals surface area contributed by atoms with Crippen molar-refractivity contribution in [2.24, 2.45) is 5.92 Å². The van der Waals surface area contributed by atoms with E-state index in [4.69, 9.17) is 4.74 Å². The SMILES string of the molecule is CC[C@@H](C)CN1C[C@@H](C)O[C@@H](C)C1. The highest BCUT2D eigenvalue weighted by atomic mass is 16.5. The molecule has 0 aromatic heterocycles. The minimum Gasteiger partial charge on any atom is -0.373 e. The van der Waals surface area contributed by atoms with Crippen LogP contribution in [0.1, 0.15) is 34.1 Å². The van der Waals surface area contributed by atoms with E-state index >= 15 is 0 Å². The molecule has 1 rings (SSSR count). The molecule has 0 aromatic carbocycles. The molecule has 0 aliphatic carbocycles. The minimum atomic E-state index is 0.410. The van der Waals surface area contributed by atoms with Crippen LogP contribution in [0, 0.1) is 5.92 Å². The molecule has 1 saturated heterocycles. The highest BCUT2D eigenvalue weighted by Gasteiger charge is 2.22. The van der Waals surface area contributed by atoms with E-state index in [0.29, 0.717) is 12.2 Å². The van der Waals surface area contributed by atoms with E-state index in [1.165, 1.54) is 13.0 Å². The van der Waals surface area contributed by atoms with Gasteiger partial charge in [0, 0.05) is 19.6 Å². The van der Waals surface area contributed by atoms with Gasteiger partial charge in [-0.3, -0.25) is 4.90 Å². The molecule has 0 bridgehead atoms. The zero-order chi connectivity index (χ0) is 9.84. The van der Waals surface area contributed by atoms with Crippen molar-refractivity contribution in [1.29, 1.82) is 0 Å². The van der Waals surface area contributed by atoms with Crippen LogP contribution in [0.15, 0.2) is 0 Å². The third kappa shape index (κ3) is 3.65. The number of ether oxygens (including phenoxy) is 1. The van der Waals surface area contributed by atoms with Crippen molar-refractivity contribution in [3.05, 3.63) is 0 Å². The van der Waals surface area contributed by atoms with Crippen molar-refractivity contribution >= 4 is 0 Å². The fourth-order valence-electron chi connectivity index (χ4n) is 2.00. The molecule has 2 heteroatoms. The Morgan fingerprint density at radius 3 is 2.31 bits per heavy atom. The lowest BCUT2D eigenvalue weighted by atomic mass is 10.1. The zero-order valence-corrected chi connectivity index (χ0v) is 9.42. The first-order valence-corrected chi connectivity index (χ1v) is 5.49. The Morgan fingerprint density at radius 1 is 1.31 bits per heavy atom. The van der Waals surface area contributed by atoms with Crippen LogP contribution in [0.3, 0.4) is 0 Å². The number of nitrogens with zero attached hydrogens (tertiary/aromatic N) is 1. The lowest BCUT2D eigenvalue weighted by molar-refractivity contribution is -0.0710. The summed E-state index contributed by atoms with van der Waals surface area (Å²) in [4.78, 5) is 2.53. The standard InChI is InChI=1S/C11H23NO/c1-5-9(2)6-12-7-10(3)13-11(4)8-12/h9-11H,5-8H2,1-4H3/t9-,10-,11+/m1/s1. The van der Waals surface area contributed by atoms with E-state index in [0.717, 1.165) is 19.0 Å². The summed E-state index contributed by atoms with van der Waals surface area (Å²) in [7, 11) is 0. The van der Waals surface area contributed by atoms with Gasteiger partial charge in [0.05, 0.1) is 12.2 Å². The molecule has 13 heavy (non-hydrogen) atoms. The average Bonchev–Trinajstić information content (AvgIpc) is 2.02. The summed E-state index contributed by atoms with van der Waals surface area (Å²) in [5, 5.41) is 0. The Hall–Kier alpha value is -0.0800. The first-order chi connectivity index (χ1) is 6.11. The molecule has 0 N–H and O–H groups in total. The van der Waals surface area contributed by atoms with Gasteiger partial charge in [-0.25, -0.2) is 0 Å². The maximum atomic E-state index is 5.69. The van der Waals surface area contributed by atoms with Crippen molar-refractivity contribution in [2.45, 2.75) is 46.3 Å². The molecule has 3 atom stereocenters. The zero-order valence-electron chi connectivity index (χ0n) is 9.42. The van der Waals surface area contributed by atoms with E-state index in [2.05, 4.69) is 32.6 Å². The van der Waals surface area contributed by atoms with Crippen LogP contribution in [0.25, 0.3) is 0 Å². The molecule has 0 aromatic rings. The van der Waals surface area contributed by atoms with Crippen LogP contribution < -0.4 is 0 Å². The lowest BCUT2D eigenvalue weighted by Crippen LogP contribution is -2.46. The molecule has 78 valence electrons. The van der Waals surface area contributed by atoms with Gasteiger partial charge >= 0.3 is 0 Å². The molecule has 1 aliphatic heterocycles. The van der Waals surface area contributed by atoms with Crippen LogP contribution in [0.5, 0.6) is 0 Å². The molecule has 1 heterocycles. The predicted molar refractivity (Wildman–Crippen MR) is 55.9 cm³/mol. The van der Waals surface area contributed by atoms with Gasteiger partial charge in [-0.15, -0.1) is 0 Å². The van der Waals surface area contributed by atoms with Crippen molar-refractivity contribution in [3.63, 3.8) is 0 Å². The summed E-state index contributed by atoms with van der Waals surface area (Å²) < 4.78 is 5.69. The Balaban J connectivity index is 2.32.